The highest BCUT2D eigenvalue weighted by Crippen LogP contribution is 2.16. The zero-order valence-corrected chi connectivity index (χ0v) is 16.5. The van der Waals surface area contributed by atoms with Gasteiger partial charge in [-0.3, -0.25) is 0 Å². The number of likely N-dealkylation sites (N-methyl/N-ethyl adjacent to an activating group) is 1. The Balaban J connectivity index is 3.52. The number of carbonyl (C=O) groups excluding carboxylic acids is 1. The van der Waals surface area contributed by atoms with E-state index in [1.165, 1.54) is 77.7 Å². The Labute approximate surface area is 145 Å². The number of methoxy groups -OCH3 is 1. The van der Waals surface area contributed by atoms with Gasteiger partial charge in [-0.2, -0.15) is 0 Å². The average Bonchev–Trinajstić information content (AvgIpc) is 2.50. The molecule has 0 unspecified atom stereocenters. The van der Waals surface area contributed by atoms with Crippen LogP contribution in [0.15, 0.2) is 0 Å². The number of hydrogen-bond acceptors (Lipinski definition) is 2. The van der Waals surface area contributed by atoms with Crippen LogP contribution in [0.5, 0.6) is 0 Å². The summed E-state index contributed by atoms with van der Waals surface area (Å²) in [6.45, 7) is 2.27. The summed E-state index contributed by atoms with van der Waals surface area (Å²) in [5.74, 6) is -0.0689. The van der Waals surface area contributed by atoms with Gasteiger partial charge in [0.25, 0.3) is 0 Å². The van der Waals surface area contributed by atoms with Gasteiger partial charge in [0.15, 0.2) is 6.04 Å². The molecule has 3 heteroatoms. The summed E-state index contributed by atoms with van der Waals surface area (Å²) >= 11 is 0. The van der Waals surface area contributed by atoms with Crippen LogP contribution in [0.4, 0.5) is 0 Å². The van der Waals surface area contributed by atoms with E-state index in [1.807, 2.05) is 0 Å². The van der Waals surface area contributed by atoms with Crippen LogP contribution in [0.2, 0.25) is 0 Å². The summed E-state index contributed by atoms with van der Waals surface area (Å²) in [5, 5.41) is 0. The highest BCUT2D eigenvalue weighted by Gasteiger charge is 2.31. The van der Waals surface area contributed by atoms with Crippen LogP contribution in [0, 0.1) is 0 Å². The Morgan fingerprint density at radius 2 is 1.17 bits per heavy atom. The molecule has 1 atom stereocenters. The molecule has 0 spiro atoms. The first-order chi connectivity index (χ1) is 10.9. The minimum Gasteiger partial charge on any atom is -0.465 e. The zero-order valence-electron chi connectivity index (χ0n) is 16.5. The van der Waals surface area contributed by atoms with Crippen LogP contribution >= 0.6 is 0 Å². The van der Waals surface area contributed by atoms with Gasteiger partial charge < -0.3 is 9.22 Å². The maximum absolute atomic E-state index is 11.9. The van der Waals surface area contributed by atoms with Crippen molar-refractivity contribution in [2.24, 2.45) is 0 Å². The van der Waals surface area contributed by atoms with Crippen molar-refractivity contribution in [3.63, 3.8) is 0 Å². The van der Waals surface area contributed by atoms with Gasteiger partial charge in [0.1, 0.15) is 0 Å². The average molecular weight is 329 g/mol. The van der Waals surface area contributed by atoms with Gasteiger partial charge in [-0.25, -0.2) is 4.79 Å². The van der Waals surface area contributed by atoms with Gasteiger partial charge in [-0.1, -0.05) is 77.6 Å². The lowest BCUT2D eigenvalue weighted by Gasteiger charge is -2.32. The molecule has 0 bridgehead atoms. The Kier molecular flexibility index (Phi) is 13.5. The maximum Gasteiger partial charge on any atom is 0.364 e. The van der Waals surface area contributed by atoms with E-state index in [2.05, 4.69) is 28.1 Å². The third-order valence-electron chi connectivity index (χ3n) is 4.74. The molecule has 0 saturated heterocycles. The molecule has 0 amide bonds. The minimum atomic E-state index is -0.0689. The van der Waals surface area contributed by atoms with Gasteiger partial charge >= 0.3 is 5.97 Å². The second kappa shape index (κ2) is 13.8. The van der Waals surface area contributed by atoms with Crippen LogP contribution < -0.4 is 0 Å². The van der Waals surface area contributed by atoms with Crippen LogP contribution in [-0.2, 0) is 9.53 Å². The number of unbranched alkanes of at least 4 members (excludes halogenated alkanes) is 11. The maximum atomic E-state index is 11.9. The lowest BCUT2D eigenvalue weighted by Crippen LogP contribution is -2.50. The fourth-order valence-corrected chi connectivity index (χ4v) is 3.14. The molecular formula is C20H42NO2+. The number of nitrogens with zero attached hydrogens (tertiary/aromatic N) is 1. The molecule has 0 aliphatic carbocycles. The molecule has 0 fully saturated rings. The first-order valence-corrected chi connectivity index (χ1v) is 9.82. The van der Waals surface area contributed by atoms with E-state index in [1.54, 1.807) is 0 Å². The molecule has 0 aromatic rings. The largest absolute Gasteiger partial charge is 0.465 e. The molecule has 0 aromatic heterocycles. The van der Waals surface area contributed by atoms with Crippen molar-refractivity contribution in [3.8, 4) is 0 Å². The quantitative estimate of drug-likeness (QED) is 0.231. The van der Waals surface area contributed by atoms with Crippen molar-refractivity contribution in [2.75, 3.05) is 28.3 Å². The van der Waals surface area contributed by atoms with Gasteiger partial charge in [0, 0.05) is 6.42 Å². The van der Waals surface area contributed by atoms with E-state index >= 15 is 0 Å². The molecule has 0 heterocycles. The van der Waals surface area contributed by atoms with E-state index in [-0.39, 0.29) is 12.0 Å². The molecule has 0 N–H and O–H groups in total. The lowest BCUT2D eigenvalue weighted by molar-refractivity contribution is -0.887. The molecule has 0 radical (unpaired) electrons. The van der Waals surface area contributed by atoms with Crippen LogP contribution in [0.3, 0.4) is 0 Å². The molecule has 138 valence electrons. The fraction of sp³-hybridized carbons (Fsp3) is 0.950. The lowest BCUT2D eigenvalue weighted by atomic mass is 10.0. The molecule has 0 aliphatic heterocycles. The van der Waals surface area contributed by atoms with Crippen LogP contribution in [0.1, 0.15) is 90.4 Å². The molecule has 23 heavy (non-hydrogen) atoms. The first-order valence-electron chi connectivity index (χ1n) is 9.82. The van der Waals surface area contributed by atoms with E-state index in [4.69, 9.17) is 4.74 Å². The smallest absolute Gasteiger partial charge is 0.364 e. The second-order valence-corrected chi connectivity index (χ2v) is 7.83. The summed E-state index contributed by atoms with van der Waals surface area (Å²) in [7, 11) is 7.71. The van der Waals surface area contributed by atoms with Gasteiger partial charge in [-0.05, 0) is 6.42 Å². The van der Waals surface area contributed by atoms with Crippen molar-refractivity contribution in [3.05, 3.63) is 0 Å². The number of carbonyl (C=O) groups is 1. The Hall–Kier alpha value is -0.570. The normalized spacial score (nSPS) is 13.1. The van der Waals surface area contributed by atoms with Crippen molar-refractivity contribution in [1.29, 1.82) is 0 Å². The van der Waals surface area contributed by atoms with Crippen LogP contribution in [0.25, 0.3) is 0 Å². The fourth-order valence-electron chi connectivity index (χ4n) is 3.14. The number of ether oxygens (including phenoxy) is 1. The number of quaternary nitrogens is 1. The zero-order chi connectivity index (χ0) is 17.6. The predicted octanol–water partition coefficient (Wildman–Crippen LogP) is 5.33. The van der Waals surface area contributed by atoms with Gasteiger partial charge in [0.05, 0.1) is 28.3 Å². The molecule has 0 aromatic carbocycles. The standard InChI is InChI=1S/C20H42NO2/c1-6-7-8-9-10-11-12-13-14-15-16-17-18-19(20(22)23-5)21(2,3)4/h19H,6-18H2,1-5H3/q+1/t19-/m0/s1. The Morgan fingerprint density at radius 1 is 0.783 bits per heavy atom. The summed E-state index contributed by atoms with van der Waals surface area (Å²) in [5.41, 5.74) is 0. The Morgan fingerprint density at radius 3 is 1.52 bits per heavy atom. The summed E-state index contributed by atoms with van der Waals surface area (Å²) in [6, 6.07) is -0.0249. The number of esters is 1. The molecule has 0 rings (SSSR count). The number of rotatable bonds is 15. The molecular weight excluding hydrogens is 286 g/mol. The molecule has 0 saturated carbocycles. The summed E-state index contributed by atoms with van der Waals surface area (Å²) in [4.78, 5) is 11.9. The molecule has 0 aliphatic rings. The summed E-state index contributed by atoms with van der Waals surface area (Å²) < 4.78 is 5.60. The van der Waals surface area contributed by atoms with Crippen molar-refractivity contribution in [2.45, 2.75) is 96.4 Å². The highest BCUT2D eigenvalue weighted by molar-refractivity contribution is 5.74. The van der Waals surface area contributed by atoms with E-state index < -0.39 is 0 Å². The van der Waals surface area contributed by atoms with Crippen molar-refractivity contribution in [1.82, 2.24) is 0 Å². The monoisotopic (exact) mass is 328 g/mol. The van der Waals surface area contributed by atoms with E-state index in [0.29, 0.717) is 4.48 Å². The third-order valence-corrected chi connectivity index (χ3v) is 4.74. The van der Waals surface area contributed by atoms with Crippen molar-refractivity contribution < 1.29 is 14.0 Å². The van der Waals surface area contributed by atoms with E-state index in [0.717, 1.165) is 12.8 Å². The first kappa shape index (κ1) is 22.4. The van der Waals surface area contributed by atoms with Gasteiger partial charge in [-0.15, -0.1) is 0 Å². The summed E-state index contributed by atoms with van der Waals surface area (Å²) in [6.07, 6.45) is 17.2. The third kappa shape index (κ3) is 12.5. The Bertz CT molecular complexity index is 284. The highest BCUT2D eigenvalue weighted by atomic mass is 16.5. The van der Waals surface area contributed by atoms with Gasteiger partial charge in [0.2, 0.25) is 0 Å². The van der Waals surface area contributed by atoms with Crippen molar-refractivity contribution >= 4 is 5.97 Å². The van der Waals surface area contributed by atoms with Crippen LogP contribution in [-0.4, -0.2) is 44.7 Å². The SMILES string of the molecule is CCCCCCCCCCCCCC[C@@H](C(=O)OC)[N+](C)(C)C. The number of hydrogen-bond donors (Lipinski definition) is 0. The predicted molar refractivity (Wildman–Crippen MR) is 99.5 cm³/mol. The topological polar surface area (TPSA) is 26.3 Å². The minimum absolute atomic E-state index is 0.0249. The second-order valence-electron chi connectivity index (χ2n) is 7.83. The van der Waals surface area contributed by atoms with E-state index in [9.17, 15) is 4.79 Å². The molecule has 3 nitrogen and oxygen atoms in total.